The fraction of sp³-hybridized carbons (Fsp3) is 0.0714. The van der Waals surface area contributed by atoms with Crippen LogP contribution < -0.4 is 15.4 Å². The lowest BCUT2D eigenvalue weighted by atomic mass is 9.93. The molecule has 3 heterocycles. The molecule has 0 bridgehead atoms. The van der Waals surface area contributed by atoms with Gasteiger partial charge in [-0.3, -0.25) is 9.59 Å². The van der Waals surface area contributed by atoms with Crippen molar-refractivity contribution in [2.24, 2.45) is 0 Å². The molecule has 1 aliphatic heterocycles. The molecule has 0 fully saturated rings. The van der Waals surface area contributed by atoms with Gasteiger partial charge in [-0.2, -0.15) is 5.10 Å². The van der Waals surface area contributed by atoms with E-state index in [0.29, 0.717) is 28.9 Å². The molecule has 8 nitrogen and oxygen atoms in total. The SMILES string of the molecule is O=C(Nc1cc(-c2ccc3ncnn3c2)cc2c1[C@H](c1cc(F)ccc1Cl)NC2=O)c1ccc(F)c(OC(F)(F)F)c1. The van der Waals surface area contributed by atoms with Gasteiger partial charge in [0.05, 0.1) is 6.04 Å². The van der Waals surface area contributed by atoms with Crippen molar-refractivity contribution < 1.29 is 36.3 Å². The first-order valence-corrected chi connectivity index (χ1v) is 12.4. The van der Waals surface area contributed by atoms with Crippen molar-refractivity contribution in [2.45, 2.75) is 12.4 Å². The molecular weight excluding hydrogens is 585 g/mol. The zero-order valence-corrected chi connectivity index (χ0v) is 21.6. The number of carbonyl (C=O) groups is 2. The summed E-state index contributed by atoms with van der Waals surface area (Å²) in [6.07, 6.45) is -2.20. The minimum Gasteiger partial charge on any atom is -0.403 e. The van der Waals surface area contributed by atoms with E-state index in [4.69, 9.17) is 11.6 Å². The second-order valence-electron chi connectivity index (χ2n) is 9.19. The van der Waals surface area contributed by atoms with Crippen LogP contribution in [0.5, 0.6) is 5.75 Å². The Bertz CT molecular complexity index is 1910. The van der Waals surface area contributed by atoms with Crippen LogP contribution in [0, 0.1) is 11.6 Å². The molecular formula is C28H15ClF5N5O3. The summed E-state index contributed by atoms with van der Waals surface area (Å²) in [7, 11) is 0. The highest BCUT2D eigenvalue weighted by Crippen LogP contribution is 2.42. The molecule has 14 heteroatoms. The molecule has 42 heavy (non-hydrogen) atoms. The summed E-state index contributed by atoms with van der Waals surface area (Å²) in [6, 6.07) is 11.3. The smallest absolute Gasteiger partial charge is 0.403 e. The van der Waals surface area contributed by atoms with Gasteiger partial charge < -0.3 is 15.4 Å². The van der Waals surface area contributed by atoms with Gasteiger partial charge in [0.25, 0.3) is 11.8 Å². The summed E-state index contributed by atoms with van der Waals surface area (Å²) in [6.45, 7) is 0. The minimum atomic E-state index is -5.19. The lowest BCUT2D eigenvalue weighted by molar-refractivity contribution is -0.275. The number of pyridine rings is 1. The molecule has 5 aromatic rings. The third-order valence-electron chi connectivity index (χ3n) is 6.53. The number of nitrogens with zero attached hydrogens (tertiary/aromatic N) is 3. The first kappa shape index (κ1) is 27.1. The van der Waals surface area contributed by atoms with Crippen molar-refractivity contribution in [3.63, 3.8) is 0 Å². The number of rotatable bonds is 5. The average Bonchev–Trinajstić information content (AvgIpc) is 3.54. The molecule has 1 atom stereocenters. The van der Waals surface area contributed by atoms with Gasteiger partial charge >= 0.3 is 6.36 Å². The molecule has 2 aromatic heterocycles. The van der Waals surface area contributed by atoms with Crippen LogP contribution in [0.1, 0.15) is 37.9 Å². The second kappa shape index (κ2) is 10.1. The summed E-state index contributed by atoms with van der Waals surface area (Å²) in [5, 5.41) is 9.58. The molecule has 0 radical (unpaired) electrons. The van der Waals surface area contributed by atoms with Crippen molar-refractivity contribution in [3.8, 4) is 16.9 Å². The maximum atomic E-state index is 14.2. The summed E-state index contributed by atoms with van der Waals surface area (Å²) in [5.74, 6) is -4.62. The third-order valence-corrected chi connectivity index (χ3v) is 6.88. The number of nitrogens with one attached hydrogen (secondary N) is 2. The van der Waals surface area contributed by atoms with Crippen LogP contribution in [0.3, 0.4) is 0 Å². The Morgan fingerprint density at radius 3 is 2.62 bits per heavy atom. The Hall–Kier alpha value is -5.04. The topological polar surface area (TPSA) is 97.6 Å². The van der Waals surface area contributed by atoms with E-state index < -0.39 is 41.6 Å². The number of alkyl halides is 3. The van der Waals surface area contributed by atoms with Crippen LogP contribution in [0.15, 0.2) is 73.2 Å². The summed E-state index contributed by atoms with van der Waals surface area (Å²) in [4.78, 5) is 30.6. The molecule has 6 rings (SSSR count). The molecule has 2 amide bonds. The number of hydrogen-bond acceptors (Lipinski definition) is 5. The van der Waals surface area contributed by atoms with Crippen molar-refractivity contribution in [3.05, 3.63) is 112 Å². The predicted molar refractivity (Wildman–Crippen MR) is 140 cm³/mol. The molecule has 0 saturated heterocycles. The Balaban J connectivity index is 1.48. The van der Waals surface area contributed by atoms with E-state index >= 15 is 0 Å². The Morgan fingerprint density at radius 2 is 1.83 bits per heavy atom. The van der Waals surface area contributed by atoms with Gasteiger partial charge in [0.15, 0.2) is 17.2 Å². The van der Waals surface area contributed by atoms with Gasteiger partial charge in [-0.1, -0.05) is 11.6 Å². The first-order chi connectivity index (χ1) is 20.0. The number of anilines is 1. The van der Waals surface area contributed by atoms with Gasteiger partial charge in [-0.25, -0.2) is 18.3 Å². The molecule has 0 spiro atoms. The number of carbonyl (C=O) groups excluding carboxylic acids is 2. The molecule has 0 saturated carbocycles. The lowest BCUT2D eigenvalue weighted by Crippen LogP contribution is -2.21. The standard InChI is InChI=1S/C28H15ClF5N5O3/c29-19-4-3-16(30)10-17(19)25-24-18(27(41)38-25)7-15(14-2-6-23-35-12-36-39(23)11-14)8-21(24)37-26(40)13-1-5-20(31)22(9-13)42-28(32,33)34/h1-12,25H,(H,37,40)(H,38,41)/t25-/m0/s1. The minimum absolute atomic E-state index is 0.0671. The van der Waals surface area contributed by atoms with Gasteiger partial charge in [0, 0.05) is 44.7 Å². The predicted octanol–water partition coefficient (Wildman–Crippen LogP) is 6.31. The Kier molecular flexibility index (Phi) is 6.53. The molecule has 1 aliphatic rings. The van der Waals surface area contributed by atoms with Crippen molar-refractivity contribution in [1.29, 1.82) is 0 Å². The second-order valence-corrected chi connectivity index (χ2v) is 9.59. The van der Waals surface area contributed by atoms with E-state index in [1.165, 1.54) is 23.0 Å². The molecule has 0 aliphatic carbocycles. The van der Waals surface area contributed by atoms with E-state index in [9.17, 15) is 31.5 Å². The quantitative estimate of drug-likeness (QED) is 0.231. The van der Waals surface area contributed by atoms with Crippen molar-refractivity contribution in [1.82, 2.24) is 19.9 Å². The normalized spacial score (nSPS) is 14.5. The Morgan fingerprint density at radius 1 is 1.02 bits per heavy atom. The summed E-state index contributed by atoms with van der Waals surface area (Å²) in [5.41, 5.74) is 1.87. The van der Waals surface area contributed by atoms with Gasteiger partial charge in [0.1, 0.15) is 12.1 Å². The van der Waals surface area contributed by atoms with Gasteiger partial charge in [0.2, 0.25) is 0 Å². The van der Waals surface area contributed by atoms with E-state index in [-0.39, 0.29) is 33.0 Å². The maximum absolute atomic E-state index is 14.2. The summed E-state index contributed by atoms with van der Waals surface area (Å²) >= 11 is 6.34. The van der Waals surface area contributed by atoms with Crippen LogP contribution in [0.25, 0.3) is 16.8 Å². The van der Waals surface area contributed by atoms with Crippen LogP contribution in [-0.2, 0) is 0 Å². The highest BCUT2D eigenvalue weighted by molar-refractivity contribution is 6.31. The number of aromatic nitrogens is 3. The third kappa shape index (κ3) is 5.09. The molecule has 3 aromatic carbocycles. The first-order valence-electron chi connectivity index (χ1n) is 12.1. The number of benzene rings is 3. The number of hydrogen-bond donors (Lipinski definition) is 2. The number of fused-ring (bicyclic) bond motifs is 2. The van der Waals surface area contributed by atoms with Gasteiger partial charge in [-0.05, 0) is 66.2 Å². The number of amides is 2. The van der Waals surface area contributed by atoms with E-state index in [2.05, 4.69) is 25.5 Å². The Labute approximate surface area is 237 Å². The van der Waals surface area contributed by atoms with Gasteiger partial charge in [-0.15, -0.1) is 13.2 Å². The fourth-order valence-electron chi connectivity index (χ4n) is 4.70. The van der Waals surface area contributed by atoms with Crippen LogP contribution >= 0.6 is 11.6 Å². The molecule has 2 N–H and O–H groups in total. The van der Waals surface area contributed by atoms with Crippen molar-refractivity contribution >= 4 is 34.7 Å². The van der Waals surface area contributed by atoms with Crippen LogP contribution in [-0.4, -0.2) is 32.8 Å². The monoisotopic (exact) mass is 599 g/mol. The average molecular weight is 600 g/mol. The highest BCUT2D eigenvalue weighted by Gasteiger charge is 2.36. The van der Waals surface area contributed by atoms with E-state index in [1.807, 2.05) is 0 Å². The number of halogens is 6. The number of ether oxygens (including phenoxy) is 1. The zero-order valence-electron chi connectivity index (χ0n) is 20.8. The van der Waals surface area contributed by atoms with E-state index in [0.717, 1.165) is 18.2 Å². The van der Waals surface area contributed by atoms with Crippen LogP contribution in [0.4, 0.5) is 27.6 Å². The molecule has 0 unspecified atom stereocenters. The lowest BCUT2D eigenvalue weighted by Gasteiger charge is -2.19. The zero-order chi connectivity index (χ0) is 29.8. The highest BCUT2D eigenvalue weighted by atomic mass is 35.5. The van der Waals surface area contributed by atoms with Crippen molar-refractivity contribution in [2.75, 3.05) is 5.32 Å². The molecule has 212 valence electrons. The van der Waals surface area contributed by atoms with Crippen LogP contribution in [0.2, 0.25) is 5.02 Å². The maximum Gasteiger partial charge on any atom is 0.573 e. The fourth-order valence-corrected chi connectivity index (χ4v) is 4.93. The van der Waals surface area contributed by atoms with E-state index in [1.54, 1.807) is 24.4 Å². The summed E-state index contributed by atoms with van der Waals surface area (Å²) < 4.78 is 71.7. The largest absolute Gasteiger partial charge is 0.573 e.